The van der Waals surface area contributed by atoms with Crippen LogP contribution in [0.2, 0.25) is 0 Å². The van der Waals surface area contributed by atoms with Crippen molar-refractivity contribution in [3.63, 3.8) is 0 Å². The van der Waals surface area contributed by atoms with E-state index in [-0.39, 0.29) is 5.92 Å². The van der Waals surface area contributed by atoms with Gasteiger partial charge in [0.2, 0.25) is 10.0 Å². The number of nitrogens with zero attached hydrogens (tertiary/aromatic N) is 1. The van der Waals surface area contributed by atoms with E-state index in [2.05, 4.69) is 6.92 Å². The van der Waals surface area contributed by atoms with E-state index >= 15 is 0 Å². The van der Waals surface area contributed by atoms with E-state index in [4.69, 9.17) is 4.74 Å². The Morgan fingerprint density at radius 2 is 1.90 bits per heavy atom. The number of sulfonamides is 1. The van der Waals surface area contributed by atoms with E-state index in [0.29, 0.717) is 11.5 Å². The highest BCUT2D eigenvalue weighted by Gasteiger charge is 2.20. The highest BCUT2D eigenvalue weighted by molar-refractivity contribution is 7.89. The molecule has 0 saturated heterocycles. The average Bonchev–Trinajstić information content (AvgIpc) is 2.38. The molecule has 0 fully saturated rings. The van der Waals surface area contributed by atoms with E-state index < -0.39 is 10.0 Å². The van der Waals surface area contributed by atoms with Crippen LogP contribution in [0.3, 0.4) is 0 Å². The molecule has 4 nitrogen and oxygen atoms in total. The number of rotatable bonds is 7. The number of hydrogen-bond donors (Lipinski definition) is 0. The molecule has 20 heavy (non-hydrogen) atoms. The summed E-state index contributed by atoms with van der Waals surface area (Å²) in [6.07, 6.45) is 2.07. The molecule has 0 aliphatic heterocycles. The molecular weight excluding hydrogens is 274 g/mol. The van der Waals surface area contributed by atoms with Crippen LogP contribution in [0.15, 0.2) is 23.1 Å². The number of hydrogen-bond acceptors (Lipinski definition) is 3. The third-order valence-electron chi connectivity index (χ3n) is 3.14. The van der Waals surface area contributed by atoms with Crippen molar-refractivity contribution in [2.45, 2.75) is 44.4 Å². The van der Waals surface area contributed by atoms with Crippen molar-refractivity contribution in [1.29, 1.82) is 0 Å². The fourth-order valence-electron chi connectivity index (χ4n) is 1.81. The Morgan fingerprint density at radius 1 is 1.25 bits per heavy atom. The van der Waals surface area contributed by atoms with Crippen molar-refractivity contribution in [1.82, 2.24) is 4.31 Å². The smallest absolute Gasteiger partial charge is 0.242 e. The van der Waals surface area contributed by atoms with E-state index in [1.807, 2.05) is 13.8 Å². The van der Waals surface area contributed by atoms with Gasteiger partial charge in [-0.3, -0.25) is 0 Å². The third kappa shape index (κ3) is 3.96. The number of ether oxygens (including phenoxy) is 1. The Morgan fingerprint density at radius 3 is 2.40 bits per heavy atom. The SMILES string of the molecule is CCCCOc1ccc(S(=O)(=O)N(C)C)cc1C(C)C. The van der Waals surface area contributed by atoms with Crippen LogP contribution in [0.4, 0.5) is 0 Å². The lowest BCUT2D eigenvalue weighted by molar-refractivity contribution is 0.305. The molecule has 1 aromatic carbocycles. The van der Waals surface area contributed by atoms with Crippen molar-refractivity contribution in [3.8, 4) is 5.75 Å². The Bertz CT molecular complexity index is 536. The van der Waals surface area contributed by atoms with Crippen molar-refractivity contribution in [3.05, 3.63) is 23.8 Å². The molecule has 0 bridgehead atoms. The fraction of sp³-hybridized carbons (Fsp3) is 0.600. The second kappa shape index (κ2) is 7.09. The van der Waals surface area contributed by atoms with Crippen molar-refractivity contribution < 1.29 is 13.2 Å². The molecule has 0 aliphatic carbocycles. The summed E-state index contributed by atoms with van der Waals surface area (Å²) in [6.45, 7) is 6.84. The van der Waals surface area contributed by atoms with Crippen LogP contribution in [-0.4, -0.2) is 33.4 Å². The minimum atomic E-state index is -3.40. The summed E-state index contributed by atoms with van der Waals surface area (Å²) in [7, 11) is -0.322. The first-order valence-electron chi connectivity index (χ1n) is 7.00. The van der Waals surface area contributed by atoms with Gasteiger partial charge in [0.15, 0.2) is 0 Å². The summed E-state index contributed by atoms with van der Waals surface area (Å²) in [6, 6.07) is 5.10. The predicted octanol–water partition coefficient (Wildman–Crippen LogP) is 3.24. The summed E-state index contributed by atoms with van der Waals surface area (Å²) in [5.41, 5.74) is 0.934. The molecule has 0 atom stereocenters. The van der Waals surface area contributed by atoms with Crippen molar-refractivity contribution in [2.75, 3.05) is 20.7 Å². The van der Waals surface area contributed by atoms with Gasteiger partial charge in [0.05, 0.1) is 11.5 Å². The molecule has 0 saturated carbocycles. The van der Waals surface area contributed by atoms with E-state index in [0.717, 1.165) is 24.2 Å². The Kier molecular flexibility index (Phi) is 6.02. The maximum Gasteiger partial charge on any atom is 0.242 e. The van der Waals surface area contributed by atoms with Gasteiger partial charge < -0.3 is 4.74 Å². The van der Waals surface area contributed by atoms with Gasteiger partial charge in [0, 0.05) is 14.1 Å². The van der Waals surface area contributed by atoms with Gasteiger partial charge in [-0.05, 0) is 36.1 Å². The first kappa shape index (κ1) is 17.0. The largest absolute Gasteiger partial charge is 0.493 e. The first-order valence-corrected chi connectivity index (χ1v) is 8.44. The molecule has 1 aromatic rings. The second-order valence-electron chi connectivity index (χ2n) is 5.34. The van der Waals surface area contributed by atoms with Crippen molar-refractivity contribution in [2.24, 2.45) is 0 Å². The minimum absolute atomic E-state index is 0.212. The third-order valence-corrected chi connectivity index (χ3v) is 4.95. The van der Waals surface area contributed by atoms with Gasteiger partial charge in [-0.25, -0.2) is 12.7 Å². The quantitative estimate of drug-likeness (QED) is 0.726. The summed E-state index contributed by atoms with van der Waals surface area (Å²) in [4.78, 5) is 0.314. The van der Waals surface area contributed by atoms with Gasteiger partial charge in [0.1, 0.15) is 5.75 Å². The van der Waals surface area contributed by atoms with Crippen LogP contribution in [0.5, 0.6) is 5.75 Å². The van der Waals surface area contributed by atoms with Crippen LogP contribution >= 0.6 is 0 Å². The number of unbranched alkanes of at least 4 members (excludes halogenated alkanes) is 1. The summed E-state index contributed by atoms with van der Waals surface area (Å²) in [5, 5.41) is 0. The molecule has 0 unspecified atom stereocenters. The van der Waals surface area contributed by atoms with E-state index in [1.54, 1.807) is 18.2 Å². The van der Waals surface area contributed by atoms with Gasteiger partial charge in [-0.1, -0.05) is 27.2 Å². The van der Waals surface area contributed by atoms with E-state index in [1.165, 1.54) is 18.4 Å². The maximum atomic E-state index is 12.2. The fourth-order valence-corrected chi connectivity index (χ4v) is 2.74. The molecule has 0 aliphatic rings. The monoisotopic (exact) mass is 299 g/mol. The summed E-state index contributed by atoms with van der Waals surface area (Å²) < 4.78 is 31.3. The molecular formula is C15H25NO3S. The normalized spacial score (nSPS) is 12.2. The lowest BCUT2D eigenvalue weighted by Crippen LogP contribution is -2.22. The molecule has 0 amide bonds. The van der Waals surface area contributed by atoms with Gasteiger partial charge in [-0.2, -0.15) is 0 Å². The van der Waals surface area contributed by atoms with Crippen molar-refractivity contribution >= 4 is 10.0 Å². The first-order chi connectivity index (χ1) is 9.30. The Hall–Kier alpha value is -1.07. The average molecular weight is 299 g/mol. The minimum Gasteiger partial charge on any atom is -0.493 e. The summed E-state index contributed by atoms with van der Waals surface area (Å²) in [5.74, 6) is 0.995. The zero-order valence-corrected chi connectivity index (χ0v) is 13.8. The topological polar surface area (TPSA) is 46.6 Å². The highest BCUT2D eigenvalue weighted by Crippen LogP contribution is 2.30. The molecule has 0 radical (unpaired) electrons. The standard InChI is InChI=1S/C15H25NO3S/c1-6-7-10-19-15-9-8-13(11-14(15)12(2)3)20(17,18)16(4)5/h8-9,11-12H,6-7,10H2,1-5H3. The molecule has 5 heteroatoms. The van der Waals surface area contributed by atoms with Crippen LogP contribution in [0.25, 0.3) is 0 Å². The van der Waals surface area contributed by atoms with Gasteiger partial charge in [0.25, 0.3) is 0 Å². The molecule has 1 rings (SSSR count). The zero-order chi connectivity index (χ0) is 15.3. The molecule has 114 valence electrons. The Labute approximate surface area is 122 Å². The van der Waals surface area contributed by atoms with Crippen LogP contribution < -0.4 is 4.74 Å². The highest BCUT2D eigenvalue weighted by atomic mass is 32.2. The Balaban J connectivity index is 3.14. The zero-order valence-electron chi connectivity index (χ0n) is 13.0. The molecule has 0 heterocycles. The van der Waals surface area contributed by atoms with Crippen LogP contribution in [-0.2, 0) is 10.0 Å². The second-order valence-corrected chi connectivity index (χ2v) is 7.50. The maximum absolute atomic E-state index is 12.2. The molecule has 0 N–H and O–H groups in total. The van der Waals surface area contributed by atoms with E-state index in [9.17, 15) is 8.42 Å². The van der Waals surface area contributed by atoms with Gasteiger partial charge in [-0.15, -0.1) is 0 Å². The van der Waals surface area contributed by atoms with Crippen LogP contribution in [0, 0.1) is 0 Å². The summed E-state index contributed by atoms with van der Waals surface area (Å²) >= 11 is 0. The molecule has 0 aromatic heterocycles. The number of benzene rings is 1. The van der Waals surface area contributed by atoms with Gasteiger partial charge >= 0.3 is 0 Å². The predicted molar refractivity (Wildman–Crippen MR) is 81.8 cm³/mol. The molecule has 0 spiro atoms. The lowest BCUT2D eigenvalue weighted by atomic mass is 10.0. The lowest BCUT2D eigenvalue weighted by Gasteiger charge is -2.17. The van der Waals surface area contributed by atoms with Crippen LogP contribution in [0.1, 0.15) is 45.1 Å².